The Morgan fingerprint density at radius 3 is 2.44 bits per heavy atom. The van der Waals surface area contributed by atoms with E-state index in [2.05, 4.69) is 15.1 Å². The predicted molar refractivity (Wildman–Crippen MR) is 132 cm³/mol. The van der Waals surface area contributed by atoms with E-state index in [1.807, 2.05) is 12.1 Å². The molecule has 2 aromatic carbocycles. The number of nitrogens with zero attached hydrogens (tertiary/aromatic N) is 5. The van der Waals surface area contributed by atoms with Crippen LogP contribution < -0.4 is 16.6 Å². The second-order valence-corrected chi connectivity index (χ2v) is 8.01. The zero-order chi connectivity index (χ0) is 25.7. The van der Waals surface area contributed by atoms with Gasteiger partial charge in [-0.15, -0.1) is 0 Å². The van der Waals surface area contributed by atoms with Crippen molar-refractivity contribution < 1.29 is 18.8 Å². The van der Waals surface area contributed by atoms with Crippen molar-refractivity contribution in [3.8, 4) is 11.4 Å². The summed E-state index contributed by atoms with van der Waals surface area (Å²) in [5.74, 6) is 5.20. The minimum absolute atomic E-state index is 0.00821. The Hall–Kier alpha value is -4.61. The van der Waals surface area contributed by atoms with E-state index in [1.165, 1.54) is 12.1 Å². The van der Waals surface area contributed by atoms with E-state index in [-0.39, 0.29) is 29.5 Å². The summed E-state index contributed by atoms with van der Waals surface area (Å²) in [4.78, 5) is 21.0. The van der Waals surface area contributed by atoms with Crippen molar-refractivity contribution in [1.82, 2.24) is 20.0 Å². The number of rotatable bonds is 9. The lowest BCUT2D eigenvalue weighted by Gasteiger charge is -2.23. The van der Waals surface area contributed by atoms with Gasteiger partial charge in [0.05, 0.1) is 17.9 Å². The molecule has 0 unspecified atom stereocenters. The van der Waals surface area contributed by atoms with Crippen LogP contribution in [-0.4, -0.2) is 44.7 Å². The average Bonchev–Trinajstić information content (AvgIpc) is 3.35. The van der Waals surface area contributed by atoms with E-state index in [1.54, 1.807) is 60.7 Å². The number of para-hydroxylation sites is 1. The number of carbonyl (C=O) groups is 1. The first-order valence-electron chi connectivity index (χ1n) is 10.9. The third-order valence-electron chi connectivity index (χ3n) is 5.29. The van der Waals surface area contributed by atoms with Crippen molar-refractivity contribution in [3.63, 3.8) is 0 Å². The van der Waals surface area contributed by atoms with Gasteiger partial charge in [0.15, 0.2) is 0 Å². The monoisotopic (exact) mass is 489 g/mol. The molecular formula is C25H24FN7O3. The fourth-order valence-electron chi connectivity index (χ4n) is 3.61. The number of benzene rings is 2. The first kappa shape index (κ1) is 24.5. The van der Waals surface area contributed by atoms with Gasteiger partial charge in [-0.3, -0.25) is 19.7 Å². The highest BCUT2D eigenvalue weighted by Gasteiger charge is 2.22. The van der Waals surface area contributed by atoms with Gasteiger partial charge in [0.25, 0.3) is 5.89 Å². The number of hydrazine groups is 1. The van der Waals surface area contributed by atoms with E-state index >= 15 is 0 Å². The molecule has 0 atom stereocenters. The largest absolute Gasteiger partial charge is 0.480 e. The summed E-state index contributed by atoms with van der Waals surface area (Å²) in [6.07, 6.45) is 3.12. The number of aliphatic carboxylic acids is 1. The Morgan fingerprint density at radius 2 is 1.78 bits per heavy atom. The van der Waals surface area contributed by atoms with Crippen LogP contribution in [0.2, 0.25) is 0 Å². The Morgan fingerprint density at radius 1 is 1.08 bits per heavy atom. The molecule has 2 heterocycles. The SMILES string of the molecule is CN(CC(=O)O)Cc1ccc(-c2noc(/C(N)=C(\c3ccncc3)N(N)c3ccccc3F)n2)cc1. The van der Waals surface area contributed by atoms with Crippen LogP contribution in [-0.2, 0) is 11.3 Å². The molecule has 0 saturated carbocycles. The van der Waals surface area contributed by atoms with E-state index < -0.39 is 11.8 Å². The summed E-state index contributed by atoms with van der Waals surface area (Å²) in [6.45, 7) is 0.407. The highest BCUT2D eigenvalue weighted by atomic mass is 19.1. The van der Waals surface area contributed by atoms with Crippen LogP contribution >= 0.6 is 0 Å². The molecule has 2 aromatic heterocycles. The zero-order valence-electron chi connectivity index (χ0n) is 19.4. The van der Waals surface area contributed by atoms with Crippen LogP contribution in [0.15, 0.2) is 77.6 Å². The van der Waals surface area contributed by atoms with Gasteiger partial charge in [-0.1, -0.05) is 41.6 Å². The summed E-state index contributed by atoms with van der Waals surface area (Å²) >= 11 is 0. The van der Waals surface area contributed by atoms with Gasteiger partial charge in [0, 0.05) is 30.1 Å². The van der Waals surface area contributed by atoms with Gasteiger partial charge >= 0.3 is 5.97 Å². The number of pyridine rings is 1. The molecular weight excluding hydrogens is 465 g/mol. The van der Waals surface area contributed by atoms with E-state index in [4.69, 9.17) is 21.2 Å². The number of aromatic nitrogens is 3. The molecule has 0 fully saturated rings. The zero-order valence-corrected chi connectivity index (χ0v) is 19.4. The number of hydrogen-bond acceptors (Lipinski definition) is 9. The first-order valence-corrected chi connectivity index (χ1v) is 10.9. The highest BCUT2D eigenvalue weighted by molar-refractivity contribution is 5.93. The molecule has 0 aliphatic heterocycles. The lowest BCUT2D eigenvalue weighted by molar-refractivity contribution is -0.138. The van der Waals surface area contributed by atoms with Gasteiger partial charge in [0.1, 0.15) is 11.5 Å². The molecule has 0 radical (unpaired) electrons. The van der Waals surface area contributed by atoms with Crippen molar-refractivity contribution >= 4 is 23.1 Å². The van der Waals surface area contributed by atoms with Crippen LogP contribution in [0.25, 0.3) is 22.8 Å². The summed E-state index contributed by atoms with van der Waals surface area (Å²) in [5.41, 5.74) is 9.02. The van der Waals surface area contributed by atoms with Gasteiger partial charge in [-0.2, -0.15) is 4.98 Å². The molecule has 5 N–H and O–H groups in total. The number of hydrogen-bond donors (Lipinski definition) is 3. The first-order chi connectivity index (χ1) is 17.3. The fraction of sp³-hybridized carbons (Fsp3) is 0.120. The van der Waals surface area contributed by atoms with Crippen LogP contribution in [0, 0.1) is 5.82 Å². The number of nitrogens with two attached hydrogens (primary N) is 2. The Labute approximate surface area is 206 Å². The van der Waals surface area contributed by atoms with E-state index in [0.717, 1.165) is 10.6 Å². The van der Waals surface area contributed by atoms with Crippen molar-refractivity contribution in [2.24, 2.45) is 11.6 Å². The molecule has 0 aliphatic rings. The summed E-state index contributed by atoms with van der Waals surface area (Å²) < 4.78 is 19.9. The lowest BCUT2D eigenvalue weighted by atomic mass is 10.1. The maximum Gasteiger partial charge on any atom is 0.317 e. The number of likely N-dealkylation sites (N-methyl/N-ethyl adjacent to an activating group) is 1. The maximum atomic E-state index is 14.5. The summed E-state index contributed by atoms with van der Waals surface area (Å²) in [5, 5.41) is 14.1. The molecule has 4 aromatic rings. The number of carboxylic acids is 1. The topological polar surface area (TPSA) is 148 Å². The molecule has 4 rings (SSSR count). The van der Waals surface area contributed by atoms with E-state index in [0.29, 0.717) is 23.5 Å². The van der Waals surface area contributed by atoms with Crippen molar-refractivity contribution in [3.05, 3.63) is 95.9 Å². The average molecular weight is 490 g/mol. The fourth-order valence-corrected chi connectivity index (χ4v) is 3.61. The van der Waals surface area contributed by atoms with Crippen molar-refractivity contribution in [2.45, 2.75) is 6.54 Å². The number of anilines is 1. The molecule has 0 spiro atoms. The highest BCUT2D eigenvalue weighted by Crippen LogP contribution is 2.30. The van der Waals surface area contributed by atoms with E-state index in [9.17, 15) is 9.18 Å². The Balaban J connectivity index is 1.65. The molecule has 10 nitrogen and oxygen atoms in total. The van der Waals surface area contributed by atoms with Crippen LogP contribution in [0.1, 0.15) is 17.0 Å². The van der Waals surface area contributed by atoms with Gasteiger partial charge in [-0.25, -0.2) is 10.2 Å². The van der Waals surface area contributed by atoms with Crippen LogP contribution in [0.4, 0.5) is 10.1 Å². The Kier molecular flexibility index (Phi) is 7.33. The van der Waals surface area contributed by atoms with Crippen LogP contribution in [0.3, 0.4) is 0 Å². The molecule has 184 valence electrons. The molecule has 0 bridgehead atoms. The molecule has 0 amide bonds. The number of halogens is 1. The maximum absolute atomic E-state index is 14.5. The quantitative estimate of drug-likeness (QED) is 0.237. The minimum Gasteiger partial charge on any atom is -0.480 e. The molecule has 0 aliphatic carbocycles. The summed E-state index contributed by atoms with van der Waals surface area (Å²) in [6, 6.07) is 16.7. The van der Waals surface area contributed by atoms with Crippen LogP contribution in [0.5, 0.6) is 0 Å². The number of carboxylic acid groups (broad SMARTS) is 1. The van der Waals surface area contributed by atoms with Crippen molar-refractivity contribution in [2.75, 3.05) is 18.6 Å². The summed E-state index contributed by atoms with van der Waals surface area (Å²) in [7, 11) is 1.73. The molecule has 36 heavy (non-hydrogen) atoms. The van der Waals surface area contributed by atoms with Gasteiger partial charge < -0.3 is 15.4 Å². The van der Waals surface area contributed by atoms with Crippen molar-refractivity contribution in [1.29, 1.82) is 0 Å². The standard InChI is InChI=1S/C25H24FN7O3/c1-32(15-21(34)35)14-16-6-8-18(9-7-16)24-30-25(36-31-24)22(27)23(17-10-12-29-13-11-17)33(28)20-5-3-2-4-19(20)26/h2-13H,14-15,27-28H2,1H3,(H,34,35)/b23-22-. The minimum atomic E-state index is -0.892. The third-order valence-corrected chi connectivity index (χ3v) is 5.29. The molecule has 0 saturated heterocycles. The third kappa shape index (κ3) is 5.54. The second-order valence-electron chi connectivity index (χ2n) is 8.01. The predicted octanol–water partition coefficient (Wildman–Crippen LogP) is 2.95. The smallest absolute Gasteiger partial charge is 0.317 e. The second kappa shape index (κ2) is 10.8. The molecule has 11 heteroatoms. The Bertz CT molecular complexity index is 1370. The van der Waals surface area contributed by atoms with Gasteiger partial charge in [0.2, 0.25) is 5.82 Å². The normalized spacial score (nSPS) is 11.9. The lowest BCUT2D eigenvalue weighted by Crippen LogP contribution is -2.32. The van der Waals surface area contributed by atoms with Gasteiger partial charge in [-0.05, 0) is 36.9 Å².